The van der Waals surface area contributed by atoms with Crippen molar-refractivity contribution in [2.75, 3.05) is 11.9 Å². The second-order valence-electron chi connectivity index (χ2n) is 6.96. The Balaban J connectivity index is 1.52. The van der Waals surface area contributed by atoms with Gasteiger partial charge in [-0.15, -0.1) is 0 Å². The predicted molar refractivity (Wildman–Crippen MR) is 102 cm³/mol. The Bertz CT molecular complexity index is 947. The number of carbonyl (C=O) groups is 1. The van der Waals surface area contributed by atoms with Gasteiger partial charge in [0.2, 0.25) is 0 Å². The largest absolute Gasteiger partial charge is 0.467 e. The van der Waals surface area contributed by atoms with Crippen LogP contribution in [0.5, 0.6) is 0 Å². The lowest BCUT2D eigenvalue weighted by Crippen LogP contribution is -2.33. The average molecular weight is 382 g/mol. The second kappa shape index (κ2) is 7.85. The molecule has 1 atom stereocenters. The lowest BCUT2D eigenvalue weighted by Gasteiger charge is -2.17. The summed E-state index contributed by atoms with van der Waals surface area (Å²) >= 11 is 0. The molecular formula is C20H22N4O4. The van der Waals surface area contributed by atoms with E-state index in [0.717, 1.165) is 18.4 Å². The number of aromatic nitrogens is 2. The SMILES string of the molecule is Cc1ccc(NC(=O)NC(CCO)c2ccco2)c(-c2nc(C3CC3)no2)c1. The Hall–Kier alpha value is -3.13. The number of carbonyl (C=O) groups excluding carboxylic acids is 1. The van der Waals surface area contributed by atoms with Gasteiger partial charge in [0.05, 0.1) is 23.6 Å². The van der Waals surface area contributed by atoms with E-state index in [2.05, 4.69) is 20.8 Å². The first-order chi connectivity index (χ1) is 13.6. The fourth-order valence-electron chi connectivity index (χ4n) is 3.02. The molecule has 0 radical (unpaired) electrons. The van der Waals surface area contributed by atoms with Gasteiger partial charge in [-0.2, -0.15) is 4.98 Å². The van der Waals surface area contributed by atoms with E-state index >= 15 is 0 Å². The molecule has 146 valence electrons. The zero-order valence-electron chi connectivity index (χ0n) is 15.5. The standard InChI is InChI=1S/C20H22N4O4/c1-12-4-7-15(14(11-12)19-23-18(24-28-19)13-5-6-13)21-20(26)22-16(8-9-25)17-3-2-10-27-17/h2-4,7,10-11,13,16,25H,5-6,8-9H2,1H3,(H2,21,22,26). The van der Waals surface area contributed by atoms with Crippen LogP contribution in [0.2, 0.25) is 0 Å². The summed E-state index contributed by atoms with van der Waals surface area (Å²) in [6.45, 7) is 1.88. The highest BCUT2D eigenvalue weighted by Crippen LogP contribution is 2.39. The molecule has 2 heterocycles. The maximum Gasteiger partial charge on any atom is 0.319 e. The molecule has 1 unspecified atom stereocenters. The smallest absolute Gasteiger partial charge is 0.319 e. The van der Waals surface area contributed by atoms with Crippen molar-refractivity contribution < 1.29 is 18.8 Å². The molecule has 1 aromatic carbocycles. The van der Waals surface area contributed by atoms with Gasteiger partial charge in [0.15, 0.2) is 5.82 Å². The van der Waals surface area contributed by atoms with Crippen LogP contribution in [0.1, 0.15) is 48.4 Å². The van der Waals surface area contributed by atoms with Crippen molar-refractivity contribution in [2.45, 2.75) is 38.1 Å². The molecule has 1 fully saturated rings. The summed E-state index contributed by atoms with van der Waals surface area (Å²) in [7, 11) is 0. The van der Waals surface area contributed by atoms with Crippen LogP contribution in [0.25, 0.3) is 11.5 Å². The lowest BCUT2D eigenvalue weighted by atomic mass is 10.1. The summed E-state index contributed by atoms with van der Waals surface area (Å²) in [5, 5.41) is 19.0. The molecule has 8 nitrogen and oxygen atoms in total. The third-order valence-electron chi connectivity index (χ3n) is 4.65. The normalized spacial score (nSPS) is 14.6. The first-order valence-electron chi connectivity index (χ1n) is 9.30. The van der Waals surface area contributed by atoms with E-state index in [1.807, 2.05) is 19.1 Å². The van der Waals surface area contributed by atoms with E-state index in [-0.39, 0.29) is 6.61 Å². The Morgan fingerprint density at radius 2 is 2.21 bits per heavy atom. The molecule has 0 aliphatic heterocycles. The minimum Gasteiger partial charge on any atom is -0.467 e. The summed E-state index contributed by atoms with van der Waals surface area (Å²) < 4.78 is 10.8. The minimum atomic E-state index is -0.432. The molecule has 0 bridgehead atoms. The zero-order chi connectivity index (χ0) is 19.5. The quantitative estimate of drug-likeness (QED) is 0.573. The fraction of sp³-hybridized carbons (Fsp3) is 0.350. The molecule has 1 aliphatic rings. The Morgan fingerprint density at radius 3 is 2.93 bits per heavy atom. The van der Waals surface area contributed by atoms with E-state index in [1.54, 1.807) is 18.2 Å². The molecule has 4 rings (SSSR count). The van der Waals surface area contributed by atoms with Crippen molar-refractivity contribution in [3.05, 3.63) is 53.7 Å². The highest BCUT2D eigenvalue weighted by molar-refractivity contribution is 5.93. The van der Waals surface area contributed by atoms with Gasteiger partial charge in [-0.3, -0.25) is 0 Å². The van der Waals surface area contributed by atoms with Crippen molar-refractivity contribution in [1.82, 2.24) is 15.5 Å². The first kappa shape index (κ1) is 18.2. The number of hydrogen-bond donors (Lipinski definition) is 3. The summed E-state index contributed by atoms with van der Waals surface area (Å²) in [5.74, 6) is 2.07. The third kappa shape index (κ3) is 4.07. The number of nitrogens with zero attached hydrogens (tertiary/aromatic N) is 2. The van der Waals surface area contributed by atoms with Gasteiger partial charge in [0.1, 0.15) is 5.76 Å². The van der Waals surface area contributed by atoms with Gasteiger partial charge in [-0.25, -0.2) is 4.79 Å². The number of hydrogen-bond acceptors (Lipinski definition) is 6. The van der Waals surface area contributed by atoms with Crippen LogP contribution in [0, 0.1) is 6.92 Å². The number of aliphatic hydroxyl groups is 1. The van der Waals surface area contributed by atoms with E-state index in [4.69, 9.17) is 8.94 Å². The van der Waals surface area contributed by atoms with Crippen LogP contribution in [0.3, 0.4) is 0 Å². The monoisotopic (exact) mass is 382 g/mol. The highest BCUT2D eigenvalue weighted by atomic mass is 16.5. The number of nitrogens with one attached hydrogen (secondary N) is 2. The molecule has 3 aromatic rings. The van der Waals surface area contributed by atoms with Gasteiger partial charge in [-0.05, 0) is 50.5 Å². The maximum atomic E-state index is 12.6. The Kier molecular flexibility index (Phi) is 5.12. The predicted octanol–water partition coefficient (Wildman–Crippen LogP) is 3.76. The molecule has 28 heavy (non-hydrogen) atoms. The average Bonchev–Trinajstić information content (AvgIpc) is 3.18. The number of furan rings is 1. The molecular weight excluding hydrogens is 360 g/mol. The number of urea groups is 1. The Labute approximate surface area is 161 Å². The van der Waals surface area contributed by atoms with Crippen molar-refractivity contribution in [2.24, 2.45) is 0 Å². The maximum absolute atomic E-state index is 12.6. The molecule has 8 heteroatoms. The highest BCUT2D eigenvalue weighted by Gasteiger charge is 2.29. The fourth-order valence-corrected chi connectivity index (χ4v) is 3.02. The third-order valence-corrected chi connectivity index (χ3v) is 4.65. The van der Waals surface area contributed by atoms with E-state index < -0.39 is 12.1 Å². The Morgan fingerprint density at radius 1 is 1.36 bits per heavy atom. The number of benzene rings is 1. The van der Waals surface area contributed by atoms with Gasteiger partial charge in [-0.1, -0.05) is 16.8 Å². The minimum absolute atomic E-state index is 0.0760. The van der Waals surface area contributed by atoms with Crippen LogP contribution < -0.4 is 10.6 Å². The first-order valence-corrected chi connectivity index (χ1v) is 9.30. The molecule has 1 aliphatic carbocycles. The van der Waals surface area contributed by atoms with Crippen LogP contribution in [-0.2, 0) is 0 Å². The topological polar surface area (TPSA) is 113 Å². The molecule has 2 amide bonds. The van der Waals surface area contributed by atoms with Crippen LogP contribution >= 0.6 is 0 Å². The van der Waals surface area contributed by atoms with Gasteiger partial charge in [0.25, 0.3) is 5.89 Å². The molecule has 1 saturated carbocycles. The summed E-state index contributed by atoms with van der Waals surface area (Å²) in [4.78, 5) is 17.1. The summed E-state index contributed by atoms with van der Waals surface area (Å²) in [6.07, 6.45) is 4.04. The van der Waals surface area contributed by atoms with Crippen molar-refractivity contribution in [3.63, 3.8) is 0 Å². The lowest BCUT2D eigenvalue weighted by molar-refractivity contribution is 0.233. The van der Waals surface area contributed by atoms with Crippen molar-refractivity contribution in [1.29, 1.82) is 0 Å². The van der Waals surface area contributed by atoms with E-state index in [1.165, 1.54) is 6.26 Å². The number of anilines is 1. The van der Waals surface area contributed by atoms with Crippen molar-refractivity contribution in [3.8, 4) is 11.5 Å². The number of rotatable bonds is 7. The van der Waals surface area contributed by atoms with Gasteiger partial charge >= 0.3 is 6.03 Å². The molecule has 0 spiro atoms. The van der Waals surface area contributed by atoms with Crippen LogP contribution in [0.4, 0.5) is 10.5 Å². The number of aliphatic hydroxyl groups excluding tert-OH is 1. The van der Waals surface area contributed by atoms with E-state index in [9.17, 15) is 9.90 Å². The van der Waals surface area contributed by atoms with Gasteiger partial charge in [0, 0.05) is 12.5 Å². The zero-order valence-corrected chi connectivity index (χ0v) is 15.5. The second-order valence-corrected chi connectivity index (χ2v) is 6.96. The van der Waals surface area contributed by atoms with Crippen molar-refractivity contribution >= 4 is 11.7 Å². The molecule has 0 saturated heterocycles. The summed E-state index contributed by atoms with van der Waals surface area (Å²) in [5.41, 5.74) is 2.25. The molecule has 2 aromatic heterocycles. The number of amides is 2. The summed E-state index contributed by atoms with van der Waals surface area (Å²) in [6, 6.07) is 8.26. The number of aryl methyl sites for hydroxylation is 1. The van der Waals surface area contributed by atoms with Gasteiger partial charge < -0.3 is 24.7 Å². The van der Waals surface area contributed by atoms with E-state index in [0.29, 0.717) is 41.1 Å². The van der Waals surface area contributed by atoms with Crippen LogP contribution in [-0.4, -0.2) is 27.9 Å². The van der Waals surface area contributed by atoms with Crippen LogP contribution in [0.15, 0.2) is 45.5 Å². The molecule has 3 N–H and O–H groups in total.